The number of benzene rings is 2. The first kappa shape index (κ1) is 30.9. The topological polar surface area (TPSA) is 105 Å². The number of pyridine rings is 1. The van der Waals surface area contributed by atoms with Gasteiger partial charge in [0.1, 0.15) is 5.82 Å². The number of rotatable bonds is 9. The van der Waals surface area contributed by atoms with E-state index in [0.717, 1.165) is 56.0 Å². The number of hydrogen-bond donors (Lipinski definition) is 2. The Kier molecular flexibility index (Phi) is 9.27. The number of carbonyl (C=O) groups excluding carboxylic acids is 1. The third-order valence-electron chi connectivity index (χ3n) is 9.05. The van der Waals surface area contributed by atoms with Crippen molar-refractivity contribution in [2.75, 3.05) is 59.1 Å². The summed E-state index contributed by atoms with van der Waals surface area (Å²) in [4.78, 5) is 24.7. The molecule has 2 fully saturated rings. The van der Waals surface area contributed by atoms with Crippen LogP contribution in [0.2, 0.25) is 0 Å². The number of likely N-dealkylation sites (tertiary alicyclic amines) is 1. The monoisotopic (exact) mass is 608 g/mol. The second-order valence-corrected chi connectivity index (χ2v) is 12.6. The Morgan fingerprint density at radius 2 is 1.67 bits per heavy atom. The van der Waals surface area contributed by atoms with Crippen molar-refractivity contribution in [1.29, 1.82) is 0 Å². The molecule has 4 heterocycles. The summed E-state index contributed by atoms with van der Waals surface area (Å²) in [5.74, 6) is -0.0576. The number of aromatic nitrogens is 3. The first-order valence-electron chi connectivity index (χ1n) is 15.7. The van der Waals surface area contributed by atoms with Gasteiger partial charge in [-0.15, -0.1) is 0 Å². The maximum atomic E-state index is 13.3. The number of hydrogen-bond acceptors (Lipinski definition) is 8. The average Bonchev–Trinajstić information content (AvgIpc) is 3.62. The fourth-order valence-electron chi connectivity index (χ4n) is 6.20. The molecule has 0 radical (unpaired) electrons. The maximum Gasteiger partial charge on any atom is 0.255 e. The maximum absolute atomic E-state index is 13.3. The van der Waals surface area contributed by atoms with E-state index in [2.05, 4.69) is 86.5 Å². The van der Waals surface area contributed by atoms with Crippen LogP contribution >= 0.6 is 0 Å². The largest absolute Gasteiger partial charge is 0.383 e. The van der Waals surface area contributed by atoms with Crippen LogP contribution in [-0.4, -0.2) is 101 Å². The molecule has 2 aliphatic rings. The van der Waals surface area contributed by atoms with E-state index in [1.54, 1.807) is 23.1 Å². The zero-order valence-electron chi connectivity index (χ0n) is 26.7. The molecule has 3 N–H and O–H groups in total. The van der Waals surface area contributed by atoms with Crippen LogP contribution in [0.3, 0.4) is 0 Å². The van der Waals surface area contributed by atoms with Gasteiger partial charge in [-0.05, 0) is 54.9 Å². The molecule has 2 aliphatic heterocycles. The zero-order chi connectivity index (χ0) is 31.5. The molecule has 2 aromatic carbocycles. The molecule has 45 heavy (non-hydrogen) atoms. The number of nitrogen functional groups attached to an aromatic ring is 1. The highest BCUT2D eigenvalue weighted by molar-refractivity contribution is 5.99. The van der Waals surface area contributed by atoms with Gasteiger partial charge >= 0.3 is 0 Å². The van der Waals surface area contributed by atoms with Gasteiger partial charge in [-0.1, -0.05) is 42.5 Å². The molecular weight excluding hydrogens is 564 g/mol. The van der Waals surface area contributed by atoms with Crippen molar-refractivity contribution in [2.45, 2.75) is 32.2 Å². The highest BCUT2D eigenvalue weighted by Gasteiger charge is 2.33. The van der Waals surface area contributed by atoms with Crippen LogP contribution < -0.4 is 11.1 Å². The number of likely N-dealkylation sites (N-methyl/N-ethyl adjacent to an activating group) is 2. The molecule has 236 valence electrons. The Morgan fingerprint density at radius 3 is 2.38 bits per heavy atom. The van der Waals surface area contributed by atoms with Crippen molar-refractivity contribution in [3.63, 3.8) is 0 Å². The predicted molar refractivity (Wildman–Crippen MR) is 178 cm³/mol. The lowest BCUT2D eigenvalue weighted by Gasteiger charge is -2.32. The van der Waals surface area contributed by atoms with Gasteiger partial charge in [-0.2, -0.15) is 5.10 Å². The molecule has 0 saturated carbocycles. The van der Waals surface area contributed by atoms with Gasteiger partial charge < -0.3 is 25.6 Å². The fraction of sp³-hybridized carbons (Fsp3) is 0.400. The van der Waals surface area contributed by atoms with Crippen molar-refractivity contribution in [1.82, 2.24) is 34.8 Å². The van der Waals surface area contributed by atoms with Gasteiger partial charge in [0.25, 0.3) is 5.91 Å². The summed E-state index contributed by atoms with van der Waals surface area (Å²) in [5.41, 5.74) is 14.4. The predicted octanol–water partition coefficient (Wildman–Crippen LogP) is 3.42. The Bertz CT molecular complexity index is 1630. The molecule has 0 bridgehead atoms. The van der Waals surface area contributed by atoms with E-state index in [9.17, 15) is 4.79 Å². The van der Waals surface area contributed by atoms with Crippen LogP contribution in [0.1, 0.15) is 27.0 Å². The van der Waals surface area contributed by atoms with Gasteiger partial charge in [0.15, 0.2) is 0 Å². The van der Waals surface area contributed by atoms with Crippen molar-refractivity contribution >= 4 is 11.7 Å². The molecule has 0 spiro atoms. The number of carbonyl (C=O) groups is 1. The number of piperazine rings is 1. The smallest absolute Gasteiger partial charge is 0.255 e. The number of amides is 1. The van der Waals surface area contributed by atoms with Crippen LogP contribution in [0, 0.1) is 6.92 Å². The molecule has 0 unspecified atom stereocenters. The summed E-state index contributed by atoms with van der Waals surface area (Å²) >= 11 is 0. The van der Waals surface area contributed by atoms with Crippen LogP contribution in [0.25, 0.3) is 22.3 Å². The lowest BCUT2D eigenvalue weighted by molar-refractivity contribution is 0.0323. The van der Waals surface area contributed by atoms with E-state index in [1.807, 2.05) is 20.3 Å². The van der Waals surface area contributed by atoms with Crippen LogP contribution in [0.4, 0.5) is 5.82 Å². The molecular formula is C35H44N8O2. The Morgan fingerprint density at radius 1 is 0.911 bits per heavy atom. The summed E-state index contributed by atoms with van der Waals surface area (Å²) in [6, 6.07) is 17.0. The van der Waals surface area contributed by atoms with Gasteiger partial charge in [0, 0.05) is 76.4 Å². The molecule has 10 nitrogen and oxygen atoms in total. The molecule has 4 aromatic rings. The number of nitrogens with zero attached hydrogens (tertiary/aromatic N) is 6. The number of nitrogens with two attached hydrogens (primary N) is 1. The van der Waals surface area contributed by atoms with Crippen molar-refractivity contribution in [3.05, 3.63) is 89.4 Å². The van der Waals surface area contributed by atoms with E-state index >= 15 is 0 Å². The highest BCUT2D eigenvalue weighted by atomic mass is 16.5. The highest BCUT2D eigenvalue weighted by Crippen LogP contribution is 2.25. The van der Waals surface area contributed by atoms with E-state index in [4.69, 9.17) is 10.5 Å². The minimum Gasteiger partial charge on any atom is -0.383 e. The summed E-state index contributed by atoms with van der Waals surface area (Å²) in [6.07, 6.45) is 5.13. The van der Waals surface area contributed by atoms with Crippen molar-refractivity contribution in [3.8, 4) is 22.3 Å². The fourth-order valence-corrected chi connectivity index (χ4v) is 6.20. The van der Waals surface area contributed by atoms with Gasteiger partial charge in [-0.3, -0.25) is 14.4 Å². The molecule has 2 aromatic heterocycles. The van der Waals surface area contributed by atoms with Crippen LogP contribution in [0.5, 0.6) is 0 Å². The first-order chi connectivity index (χ1) is 21.7. The number of ether oxygens (including phenoxy) is 1. The summed E-state index contributed by atoms with van der Waals surface area (Å²) in [7, 11) is 6.08. The summed E-state index contributed by atoms with van der Waals surface area (Å²) < 4.78 is 8.08. The van der Waals surface area contributed by atoms with E-state index in [1.165, 1.54) is 22.3 Å². The standard InChI is InChI=1S/C35H44N8O2/c1-24-15-27(9-10-28(24)20-43-13-11-40(2)12-14-43)26-7-5-25(6-8-26)23-45-33-22-41(3)21-32(33)39-35(44)31-16-29(17-37-34(31)36)30-18-38-42(4)19-30/h5-10,15-19,32-33H,11-14,20-23H2,1-4H3,(H2,36,37)(H,39,44)/t32-,33-/m0/s1. The molecule has 10 heteroatoms. The first-order valence-corrected chi connectivity index (χ1v) is 15.7. The molecule has 1 amide bonds. The lowest BCUT2D eigenvalue weighted by Crippen LogP contribution is -2.44. The van der Waals surface area contributed by atoms with E-state index < -0.39 is 0 Å². The summed E-state index contributed by atoms with van der Waals surface area (Å²) in [5, 5.41) is 7.37. The minimum absolute atomic E-state index is 0.148. The number of aryl methyl sites for hydroxylation is 2. The molecule has 2 atom stereocenters. The molecule has 2 saturated heterocycles. The average molecular weight is 609 g/mol. The van der Waals surface area contributed by atoms with Gasteiger partial charge in [0.2, 0.25) is 0 Å². The SMILES string of the molecule is Cc1cc(-c2ccc(CO[C@H]3CN(C)C[C@@H]3NC(=O)c3cc(-c4cnn(C)c4)cnc3N)cc2)ccc1CN1CCN(C)CC1. The Hall–Kier alpha value is -4.09. The van der Waals surface area contributed by atoms with E-state index in [-0.39, 0.29) is 23.9 Å². The molecule has 0 aliphatic carbocycles. The Balaban J connectivity index is 1.05. The third kappa shape index (κ3) is 7.42. The second-order valence-electron chi connectivity index (χ2n) is 12.6. The quantitative estimate of drug-likeness (QED) is 0.298. The van der Waals surface area contributed by atoms with Crippen molar-refractivity contribution < 1.29 is 9.53 Å². The van der Waals surface area contributed by atoms with Crippen molar-refractivity contribution in [2.24, 2.45) is 7.05 Å². The van der Waals surface area contributed by atoms with Gasteiger partial charge in [-0.25, -0.2) is 4.98 Å². The third-order valence-corrected chi connectivity index (χ3v) is 9.05. The Labute approximate surface area is 265 Å². The molecule has 6 rings (SSSR count). The second kappa shape index (κ2) is 13.5. The zero-order valence-corrected chi connectivity index (χ0v) is 26.7. The van der Waals surface area contributed by atoms with Crippen LogP contribution in [0.15, 0.2) is 67.1 Å². The summed E-state index contributed by atoms with van der Waals surface area (Å²) in [6.45, 7) is 9.62. The number of anilines is 1. The lowest BCUT2D eigenvalue weighted by atomic mass is 9.98. The number of nitrogens with one attached hydrogen (secondary N) is 1. The van der Waals surface area contributed by atoms with E-state index in [0.29, 0.717) is 18.7 Å². The van der Waals surface area contributed by atoms with Crippen LogP contribution in [-0.2, 0) is 24.9 Å². The normalized spacial score (nSPS) is 19.6. The minimum atomic E-state index is -0.256. The van der Waals surface area contributed by atoms with Gasteiger partial charge in [0.05, 0.1) is 30.5 Å².